The molecule has 0 spiro atoms. The molecule has 1 saturated carbocycles. The lowest BCUT2D eigenvalue weighted by Gasteiger charge is -2.28. The number of carbonyl (C=O) groups is 1. The fourth-order valence-corrected chi connectivity index (χ4v) is 3.48. The van der Waals surface area contributed by atoms with Gasteiger partial charge in [-0.3, -0.25) is 0 Å². The van der Waals surface area contributed by atoms with Crippen LogP contribution in [0, 0.1) is 5.92 Å². The van der Waals surface area contributed by atoms with Gasteiger partial charge in [-0.1, -0.05) is 25.7 Å². The van der Waals surface area contributed by atoms with Crippen LogP contribution < -0.4 is 5.32 Å². The number of carbonyl (C=O) groups excluding carboxylic acids is 1. The van der Waals surface area contributed by atoms with E-state index in [1.807, 2.05) is 25.7 Å². The maximum absolute atomic E-state index is 12.2. The molecule has 122 valence electrons. The van der Waals surface area contributed by atoms with Crippen molar-refractivity contribution in [1.29, 1.82) is 0 Å². The van der Waals surface area contributed by atoms with Gasteiger partial charge < -0.3 is 15.0 Å². The van der Waals surface area contributed by atoms with E-state index in [0.717, 1.165) is 38.4 Å². The Balaban J connectivity index is 1.67. The van der Waals surface area contributed by atoms with Crippen molar-refractivity contribution >= 4 is 6.09 Å². The smallest absolute Gasteiger partial charge is 0.410 e. The van der Waals surface area contributed by atoms with Gasteiger partial charge in [0.25, 0.3) is 0 Å². The molecule has 2 aliphatic rings. The highest BCUT2D eigenvalue weighted by molar-refractivity contribution is 5.69. The summed E-state index contributed by atoms with van der Waals surface area (Å²) in [6.45, 7) is 8.61. The molecule has 1 N–H and O–H groups in total. The molecule has 4 nitrogen and oxygen atoms in total. The largest absolute Gasteiger partial charge is 0.444 e. The summed E-state index contributed by atoms with van der Waals surface area (Å²) in [4.78, 5) is 14.1. The Bertz CT molecular complexity index is 332. The van der Waals surface area contributed by atoms with Crippen LogP contribution in [0.15, 0.2) is 0 Å². The van der Waals surface area contributed by atoms with Gasteiger partial charge in [0.2, 0.25) is 0 Å². The first kappa shape index (κ1) is 16.6. The van der Waals surface area contributed by atoms with Crippen LogP contribution in [0.4, 0.5) is 4.79 Å². The molecular formula is C17H32N2O2. The summed E-state index contributed by atoms with van der Waals surface area (Å²) >= 11 is 0. The van der Waals surface area contributed by atoms with Crippen molar-refractivity contribution in [2.45, 2.75) is 77.4 Å². The number of amides is 1. The molecule has 21 heavy (non-hydrogen) atoms. The number of likely N-dealkylation sites (tertiary alicyclic amines) is 1. The Kier molecular flexibility index (Phi) is 5.91. The van der Waals surface area contributed by atoms with Gasteiger partial charge in [-0.15, -0.1) is 0 Å². The normalized spacial score (nSPS) is 23.8. The minimum atomic E-state index is -0.403. The molecule has 0 aromatic carbocycles. The lowest BCUT2D eigenvalue weighted by atomic mass is 10.0. The standard InChI is InChI=1S/C17H32N2O2/c1-17(2,3)21-16(20)19-12-6-9-15(19)13-18-11-10-14-7-4-5-8-14/h14-15,18H,4-13H2,1-3H3. The topological polar surface area (TPSA) is 41.6 Å². The van der Waals surface area contributed by atoms with Crippen LogP contribution in [0.25, 0.3) is 0 Å². The summed E-state index contributed by atoms with van der Waals surface area (Å²) in [7, 11) is 0. The predicted octanol–water partition coefficient (Wildman–Crippen LogP) is 3.56. The monoisotopic (exact) mass is 296 g/mol. The average Bonchev–Trinajstić information content (AvgIpc) is 3.04. The van der Waals surface area contributed by atoms with Gasteiger partial charge in [-0.05, 0) is 52.5 Å². The van der Waals surface area contributed by atoms with E-state index in [2.05, 4.69) is 5.32 Å². The molecule has 0 bridgehead atoms. The number of nitrogens with zero attached hydrogens (tertiary/aromatic N) is 1. The third kappa shape index (κ3) is 5.50. The van der Waals surface area contributed by atoms with E-state index < -0.39 is 5.60 Å². The fraction of sp³-hybridized carbons (Fsp3) is 0.941. The van der Waals surface area contributed by atoms with Gasteiger partial charge in [0.1, 0.15) is 5.60 Å². The summed E-state index contributed by atoms with van der Waals surface area (Å²) < 4.78 is 5.50. The number of nitrogens with one attached hydrogen (secondary N) is 1. The van der Waals surface area contributed by atoms with Gasteiger partial charge in [-0.25, -0.2) is 4.79 Å². The van der Waals surface area contributed by atoms with E-state index in [0.29, 0.717) is 6.04 Å². The zero-order chi connectivity index (χ0) is 15.3. The molecule has 2 rings (SSSR count). The van der Waals surface area contributed by atoms with Gasteiger partial charge >= 0.3 is 6.09 Å². The van der Waals surface area contributed by atoms with E-state index in [9.17, 15) is 4.79 Å². The van der Waals surface area contributed by atoms with Crippen molar-refractivity contribution in [3.63, 3.8) is 0 Å². The first-order valence-corrected chi connectivity index (χ1v) is 8.66. The first-order valence-electron chi connectivity index (χ1n) is 8.66. The van der Waals surface area contributed by atoms with Gasteiger partial charge in [-0.2, -0.15) is 0 Å². The Morgan fingerprint density at radius 2 is 1.90 bits per heavy atom. The summed E-state index contributed by atoms with van der Waals surface area (Å²) in [5.41, 5.74) is -0.403. The molecule has 1 saturated heterocycles. The molecule has 1 amide bonds. The second kappa shape index (κ2) is 7.48. The summed E-state index contributed by atoms with van der Waals surface area (Å²) in [5, 5.41) is 3.55. The Labute approximate surface area is 129 Å². The summed E-state index contributed by atoms with van der Waals surface area (Å²) in [6, 6.07) is 0.309. The fourth-order valence-electron chi connectivity index (χ4n) is 3.48. The average molecular weight is 296 g/mol. The molecule has 1 heterocycles. The van der Waals surface area contributed by atoms with Crippen molar-refractivity contribution in [3.05, 3.63) is 0 Å². The van der Waals surface area contributed by atoms with Gasteiger partial charge in [0.15, 0.2) is 0 Å². The van der Waals surface area contributed by atoms with Crippen LogP contribution in [-0.4, -0.2) is 42.3 Å². The van der Waals surface area contributed by atoms with Crippen molar-refractivity contribution < 1.29 is 9.53 Å². The zero-order valence-electron chi connectivity index (χ0n) is 14.0. The van der Waals surface area contributed by atoms with Gasteiger partial charge in [0.05, 0.1) is 0 Å². The van der Waals surface area contributed by atoms with Crippen LogP contribution in [0.5, 0.6) is 0 Å². The molecular weight excluding hydrogens is 264 g/mol. The van der Waals surface area contributed by atoms with Crippen molar-refractivity contribution in [2.24, 2.45) is 5.92 Å². The van der Waals surface area contributed by atoms with Crippen LogP contribution in [0.1, 0.15) is 65.7 Å². The SMILES string of the molecule is CC(C)(C)OC(=O)N1CCCC1CNCCC1CCCC1. The third-order valence-corrected chi connectivity index (χ3v) is 4.59. The quantitative estimate of drug-likeness (QED) is 0.789. The first-order chi connectivity index (χ1) is 9.96. The lowest BCUT2D eigenvalue weighted by molar-refractivity contribution is 0.0226. The van der Waals surface area contributed by atoms with Crippen molar-refractivity contribution in [2.75, 3.05) is 19.6 Å². The van der Waals surface area contributed by atoms with E-state index in [1.54, 1.807) is 0 Å². The Morgan fingerprint density at radius 3 is 2.57 bits per heavy atom. The predicted molar refractivity (Wildman–Crippen MR) is 85.4 cm³/mol. The maximum Gasteiger partial charge on any atom is 0.410 e. The Hall–Kier alpha value is -0.770. The molecule has 0 aromatic rings. The van der Waals surface area contributed by atoms with Crippen LogP contribution in [-0.2, 0) is 4.74 Å². The second-order valence-electron chi connectivity index (χ2n) is 7.61. The number of hydrogen-bond donors (Lipinski definition) is 1. The molecule has 0 radical (unpaired) electrons. The summed E-state index contributed by atoms with van der Waals surface area (Å²) in [5.74, 6) is 0.933. The lowest BCUT2D eigenvalue weighted by Crippen LogP contribution is -2.44. The number of hydrogen-bond acceptors (Lipinski definition) is 3. The minimum Gasteiger partial charge on any atom is -0.444 e. The highest BCUT2D eigenvalue weighted by Crippen LogP contribution is 2.27. The molecule has 0 aromatic heterocycles. The van der Waals surface area contributed by atoms with Crippen LogP contribution in [0.2, 0.25) is 0 Å². The summed E-state index contributed by atoms with van der Waals surface area (Å²) in [6.07, 6.45) is 8.98. The minimum absolute atomic E-state index is 0.150. The highest BCUT2D eigenvalue weighted by Gasteiger charge is 2.31. The molecule has 2 fully saturated rings. The molecule has 1 atom stereocenters. The molecule has 1 aliphatic carbocycles. The number of rotatable bonds is 5. The van der Waals surface area contributed by atoms with Gasteiger partial charge in [0, 0.05) is 19.1 Å². The third-order valence-electron chi connectivity index (χ3n) is 4.59. The highest BCUT2D eigenvalue weighted by atomic mass is 16.6. The molecule has 1 unspecified atom stereocenters. The van der Waals surface area contributed by atoms with Crippen molar-refractivity contribution in [1.82, 2.24) is 10.2 Å². The van der Waals surface area contributed by atoms with E-state index in [4.69, 9.17) is 4.74 Å². The Morgan fingerprint density at radius 1 is 1.19 bits per heavy atom. The zero-order valence-corrected chi connectivity index (χ0v) is 14.0. The van der Waals surface area contributed by atoms with Crippen LogP contribution in [0.3, 0.4) is 0 Å². The second-order valence-corrected chi connectivity index (χ2v) is 7.61. The maximum atomic E-state index is 12.2. The molecule has 1 aliphatic heterocycles. The van der Waals surface area contributed by atoms with E-state index in [1.165, 1.54) is 32.1 Å². The molecule has 4 heteroatoms. The van der Waals surface area contributed by atoms with Crippen molar-refractivity contribution in [3.8, 4) is 0 Å². The van der Waals surface area contributed by atoms with E-state index in [-0.39, 0.29) is 6.09 Å². The van der Waals surface area contributed by atoms with Crippen LogP contribution >= 0.6 is 0 Å². The number of ether oxygens (including phenoxy) is 1. The van der Waals surface area contributed by atoms with E-state index >= 15 is 0 Å².